The van der Waals surface area contributed by atoms with Gasteiger partial charge in [0, 0.05) is 0 Å². The van der Waals surface area contributed by atoms with Crippen molar-refractivity contribution in [2.24, 2.45) is 5.10 Å². The first-order valence-electron chi connectivity index (χ1n) is 4.90. The third kappa shape index (κ3) is 1.62. The van der Waals surface area contributed by atoms with Crippen LogP contribution in [0.5, 0.6) is 0 Å². The van der Waals surface area contributed by atoms with E-state index in [2.05, 4.69) is 10.1 Å². The Kier molecular flexibility index (Phi) is 2.55. The Labute approximate surface area is 91.8 Å². The van der Waals surface area contributed by atoms with Crippen LogP contribution in [0.4, 0.5) is 15.9 Å². The van der Waals surface area contributed by atoms with E-state index in [4.69, 9.17) is 5.73 Å². The SMILES string of the molecule is CCC1=NN(c2ccc(N)cn2)C(=O)C1F. The largest absolute Gasteiger partial charge is 0.397 e. The fraction of sp³-hybridized carbons (Fsp3) is 0.300. The lowest BCUT2D eigenvalue weighted by Gasteiger charge is -2.10. The van der Waals surface area contributed by atoms with E-state index < -0.39 is 12.1 Å². The predicted molar refractivity (Wildman–Crippen MR) is 58.8 cm³/mol. The zero-order valence-corrected chi connectivity index (χ0v) is 8.72. The molecule has 1 amide bonds. The molecule has 1 aliphatic rings. The first-order chi connectivity index (χ1) is 7.63. The molecular formula is C10H11FN4O. The molecule has 0 aliphatic carbocycles. The van der Waals surface area contributed by atoms with Gasteiger partial charge in [0.1, 0.15) is 0 Å². The average molecular weight is 222 g/mol. The van der Waals surface area contributed by atoms with E-state index in [1.807, 2.05) is 0 Å². The number of halogens is 1. The Balaban J connectivity index is 2.32. The summed E-state index contributed by atoms with van der Waals surface area (Å²) in [7, 11) is 0. The van der Waals surface area contributed by atoms with Crippen molar-refractivity contribution < 1.29 is 9.18 Å². The van der Waals surface area contributed by atoms with Crippen LogP contribution in [0, 0.1) is 0 Å². The van der Waals surface area contributed by atoms with Gasteiger partial charge < -0.3 is 5.73 Å². The molecule has 6 heteroatoms. The van der Waals surface area contributed by atoms with Crippen LogP contribution in [0.3, 0.4) is 0 Å². The number of nitrogen functional groups attached to an aromatic ring is 1. The minimum absolute atomic E-state index is 0.226. The summed E-state index contributed by atoms with van der Waals surface area (Å²) in [4.78, 5) is 15.4. The molecule has 5 nitrogen and oxygen atoms in total. The molecule has 0 spiro atoms. The molecule has 0 bridgehead atoms. The average Bonchev–Trinajstić information content (AvgIpc) is 2.57. The highest BCUT2D eigenvalue weighted by molar-refractivity contribution is 6.17. The number of carbonyl (C=O) groups excluding carboxylic acids is 1. The van der Waals surface area contributed by atoms with Gasteiger partial charge in [0.05, 0.1) is 17.6 Å². The van der Waals surface area contributed by atoms with Crippen molar-refractivity contribution in [1.29, 1.82) is 0 Å². The Morgan fingerprint density at radius 3 is 2.81 bits per heavy atom. The van der Waals surface area contributed by atoms with Crippen molar-refractivity contribution in [2.45, 2.75) is 19.5 Å². The molecule has 2 rings (SSSR count). The highest BCUT2D eigenvalue weighted by atomic mass is 19.1. The molecule has 1 atom stereocenters. The highest BCUT2D eigenvalue weighted by Gasteiger charge is 2.36. The van der Waals surface area contributed by atoms with Crippen molar-refractivity contribution in [3.8, 4) is 0 Å². The molecule has 1 unspecified atom stereocenters. The lowest BCUT2D eigenvalue weighted by atomic mass is 10.2. The molecule has 16 heavy (non-hydrogen) atoms. The number of hydrazone groups is 1. The van der Waals surface area contributed by atoms with E-state index in [-0.39, 0.29) is 11.5 Å². The second-order valence-electron chi connectivity index (χ2n) is 3.41. The summed E-state index contributed by atoms with van der Waals surface area (Å²) in [5.41, 5.74) is 6.17. The van der Waals surface area contributed by atoms with Gasteiger partial charge in [0.2, 0.25) is 6.17 Å². The van der Waals surface area contributed by atoms with Crippen LogP contribution in [-0.2, 0) is 4.79 Å². The van der Waals surface area contributed by atoms with E-state index in [0.717, 1.165) is 5.01 Å². The van der Waals surface area contributed by atoms with E-state index in [9.17, 15) is 9.18 Å². The molecule has 1 aromatic rings. The first-order valence-corrected chi connectivity index (χ1v) is 4.90. The maximum Gasteiger partial charge on any atom is 0.289 e. The number of carbonyl (C=O) groups is 1. The number of nitrogens with zero attached hydrogens (tertiary/aromatic N) is 3. The third-order valence-corrected chi connectivity index (χ3v) is 2.30. The van der Waals surface area contributed by atoms with Crippen molar-refractivity contribution in [2.75, 3.05) is 10.7 Å². The summed E-state index contributed by atoms with van der Waals surface area (Å²) in [6, 6.07) is 3.12. The Morgan fingerprint density at radius 1 is 1.56 bits per heavy atom. The van der Waals surface area contributed by atoms with Gasteiger partial charge in [-0.25, -0.2) is 9.37 Å². The first kappa shape index (κ1) is 10.5. The number of rotatable bonds is 2. The minimum atomic E-state index is -1.65. The molecule has 84 valence electrons. The van der Waals surface area contributed by atoms with Gasteiger partial charge in [-0.1, -0.05) is 6.92 Å². The molecule has 0 fully saturated rings. The third-order valence-electron chi connectivity index (χ3n) is 2.30. The molecule has 2 heterocycles. The summed E-state index contributed by atoms with van der Waals surface area (Å²) in [6.45, 7) is 1.75. The van der Waals surface area contributed by atoms with Crippen molar-refractivity contribution >= 4 is 23.1 Å². The van der Waals surface area contributed by atoms with Crippen LogP contribution in [0.2, 0.25) is 0 Å². The number of aromatic nitrogens is 1. The zero-order valence-electron chi connectivity index (χ0n) is 8.72. The normalized spacial score (nSPS) is 20.1. The summed E-state index contributed by atoms with van der Waals surface area (Å²) in [5.74, 6) is -0.417. The number of nitrogens with two attached hydrogens (primary N) is 1. The fourth-order valence-corrected chi connectivity index (χ4v) is 1.42. The lowest BCUT2D eigenvalue weighted by Crippen LogP contribution is -2.28. The molecule has 0 saturated carbocycles. The number of hydrogen-bond acceptors (Lipinski definition) is 4. The van der Waals surface area contributed by atoms with Gasteiger partial charge in [-0.2, -0.15) is 10.1 Å². The quantitative estimate of drug-likeness (QED) is 0.814. The molecule has 1 aromatic heterocycles. The van der Waals surface area contributed by atoms with Crippen molar-refractivity contribution in [3.05, 3.63) is 18.3 Å². The molecule has 0 radical (unpaired) electrons. The summed E-state index contributed by atoms with van der Waals surface area (Å²) < 4.78 is 13.4. The molecule has 0 saturated heterocycles. The van der Waals surface area contributed by atoms with Crippen LogP contribution >= 0.6 is 0 Å². The lowest BCUT2D eigenvalue weighted by molar-refractivity contribution is -0.120. The molecule has 0 aromatic carbocycles. The number of alkyl halides is 1. The Hall–Kier alpha value is -1.98. The van der Waals surface area contributed by atoms with Gasteiger partial charge >= 0.3 is 0 Å². The summed E-state index contributed by atoms with van der Waals surface area (Å²) in [6.07, 6.45) is 0.151. The monoisotopic (exact) mass is 222 g/mol. The summed E-state index contributed by atoms with van der Waals surface area (Å²) in [5, 5.41) is 4.87. The number of pyridine rings is 1. The number of hydrogen-bond donors (Lipinski definition) is 1. The Morgan fingerprint density at radius 2 is 2.31 bits per heavy atom. The van der Waals surface area contributed by atoms with Crippen LogP contribution < -0.4 is 10.7 Å². The van der Waals surface area contributed by atoms with Gasteiger partial charge in [-0.15, -0.1) is 0 Å². The van der Waals surface area contributed by atoms with Crippen LogP contribution in [-0.4, -0.2) is 22.8 Å². The van der Waals surface area contributed by atoms with Crippen LogP contribution in [0.1, 0.15) is 13.3 Å². The fourth-order valence-electron chi connectivity index (χ4n) is 1.42. The van der Waals surface area contributed by atoms with Crippen LogP contribution in [0.15, 0.2) is 23.4 Å². The summed E-state index contributed by atoms with van der Waals surface area (Å²) >= 11 is 0. The minimum Gasteiger partial charge on any atom is -0.397 e. The predicted octanol–water partition coefficient (Wildman–Crippen LogP) is 1.11. The number of amides is 1. The standard InChI is InChI=1S/C10H11FN4O/c1-2-7-9(11)10(16)15(14-7)8-4-3-6(12)5-13-8/h3-5,9H,2,12H2,1H3. The van der Waals surface area contributed by atoms with Crippen LogP contribution in [0.25, 0.3) is 0 Å². The van der Waals surface area contributed by atoms with E-state index in [1.165, 1.54) is 12.3 Å². The topological polar surface area (TPSA) is 71.6 Å². The zero-order chi connectivity index (χ0) is 11.7. The smallest absolute Gasteiger partial charge is 0.289 e. The molecular weight excluding hydrogens is 211 g/mol. The van der Waals surface area contributed by atoms with Gasteiger partial charge in [0.25, 0.3) is 5.91 Å². The van der Waals surface area contributed by atoms with E-state index >= 15 is 0 Å². The van der Waals surface area contributed by atoms with Crippen molar-refractivity contribution in [1.82, 2.24) is 4.98 Å². The molecule has 2 N–H and O–H groups in total. The van der Waals surface area contributed by atoms with Gasteiger partial charge in [-0.05, 0) is 18.6 Å². The number of anilines is 2. The van der Waals surface area contributed by atoms with Gasteiger partial charge in [-0.3, -0.25) is 4.79 Å². The maximum absolute atomic E-state index is 13.4. The van der Waals surface area contributed by atoms with Crippen molar-refractivity contribution in [3.63, 3.8) is 0 Å². The molecule has 1 aliphatic heterocycles. The highest BCUT2D eigenvalue weighted by Crippen LogP contribution is 2.21. The maximum atomic E-state index is 13.4. The van der Waals surface area contributed by atoms with E-state index in [1.54, 1.807) is 13.0 Å². The second-order valence-corrected chi connectivity index (χ2v) is 3.41. The van der Waals surface area contributed by atoms with E-state index in [0.29, 0.717) is 12.1 Å². The second kappa shape index (κ2) is 3.88. The Bertz CT molecular complexity index is 443. The van der Waals surface area contributed by atoms with Gasteiger partial charge in [0.15, 0.2) is 5.82 Å².